The number of nitrogens with two attached hydrogens (primary N) is 1. The number of anilines is 1. The predicted octanol–water partition coefficient (Wildman–Crippen LogP) is 1.82. The largest absolute Gasteiger partial charge is 0.388 e. The van der Waals surface area contributed by atoms with E-state index in [0.29, 0.717) is 28.8 Å². The van der Waals surface area contributed by atoms with Crippen LogP contribution < -0.4 is 11.2 Å². The topological polar surface area (TPSA) is 74.0 Å². The van der Waals surface area contributed by atoms with E-state index >= 15 is 0 Å². The zero-order valence-corrected chi connectivity index (χ0v) is 14.9. The van der Waals surface area contributed by atoms with Gasteiger partial charge < -0.3 is 15.5 Å². The lowest BCUT2D eigenvalue weighted by atomic mass is 10.2. The van der Waals surface area contributed by atoms with Crippen molar-refractivity contribution in [1.82, 2.24) is 9.80 Å². The maximum absolute atomic E-state index is 12.5. The summed E-state index contributed by atoms with van der Waals surface area (Å²) in [6.45, 7) is 2.80. The molecule has 1 aliphatic heterocycles. The highest BCUT2D eigenvalue weighted by Gasteiger charge is 2.25. The minimum absolute atomic E-state index is 0.000551. The molecule has 1 heterocycles. The zero-order valence-electron chi connectivity index (χ0n) is 12.6. The van der Waals surface area contributed by atoms with Gasteiger partial charge in [-0.05, 0) is 19.2 Å². The molecule has 0 atom stereocenters. The quantitative estimate of drug-likeness (QED) is 0.478. The van der Waals surface area contributed by atoms with E-state index in [1.54, 1.807) is 23.1 Å². The number of likely N-dealkylation sites (N-methyl/N-ethyl adjacent to an activating group) is 1. The Morgan fingerprint density at radius 1 is 1.30 bits per heavy atom. The van der Waals surface area contributed by atoms with Crippen LogP contribution in [0, 0.1) is 0 Å². The standard InChI is InChI=1S/C14H17Cl2N5OS/c1-20-5-7-21(8-6-20)14(22)12(13(17)23)19-18-10-4-2-3-9(15)11(10)16/h2-4,18H,5-8H2,1H3,(H2,17,23)/b19-12+. The SMILES string of the molecule is CN1CCN(C(=O)/C(=N/Nc2cccc(Cl)c2Cl)C(N)=S)CC1. The van der Waals surface area contributed by atoms with Gasteiger partial charge in [-0.3, -0.25) is 10.2 Å². The van der Waals surface area contributed by atoms with E-state index in [4.69, 9.17) is 41.2 Å². The molecule has 2 rings (SSSR count). The Morgan fingerprint density at radius 3 is 2.57 bits per heavy atom. The third-order valence-corrected chi connectivity index (χ3v) is 4.48. The molecule has 0 saturated carbocycles. The minimum Gasteiger partial charge on any atom is -0.388 e. The van der Waals surface area contributed by atoms with Crippen molar-refractivity contribution in [1.29, 1.82) is 0 Å². The molecule has 6 nitrogen and oxygen atoms in total. The number of thiocarbonyl (C=S) groups is 1. The summed E-state index contributed by atoms with van der Waals surface area (Å²) in [6.07, 6.45) is 0. The van der Waals surface area contributed by atoms with Crippen molar-refractivity contribution in [2.24, 2.45) is 10.8 Å². The number of rotatable bonds is 4. The van der Waals surface area contributed by atoms with Crippen LogP contribution in [0.15, 0.2) is 23.3 Å². The van der Waals surface area contributed by atoms with Crippen molar-refractivity contribution < 1.29 is 4.79 Å². The predicted molar refractivity (Wildman–Crippen MR) is 98.4 cm³/mol. The molecule has 124 valence electrons. The fourth-order valence-electron chi connectivity index (χ4n) is 2.07. The van der Waals surface area contributed by atoms with Crippen molar-refractivity contribution in [3.05, 3.63) is 28.2 Å². The smallest absolute Gasteiger partial charge is 0.277 e. The lowest BCUT2D eigenvalue weighted by Crippen LogP contribution is -2.51. The summed E-state index contributed by atoms with van der Waals surface area (Å²) >= 11 is 17.0. The third-order valence-electron chi connectivity index (χ3n) is 3.47. The lowest BCUT2D eigenvalue weighted by molar-refractivity contribution is -0.125. The molecule has 1 aromatic carbocycles. The van der Waals surface area contributed by atoms with E-state index < -0.39 is 0 Å². The number of carbonyl (C=O) groups excluding carboxylic acids is 1. The van der Waals surface area contributed by atoms with Gasteiger partial charge in [0.2, 0.25) is 0 Å². The van der Waals surface area contributed by atoms with Gasteiger partial charge in [0.1, 0.15) is 4.99 Å². The molecule has 0 spiro atoms. The van der Waals surface area contributed by atoms with Gasteiger partial charge in [0.25, 0.3) is 5.91 Å². The van der Waals surface area contributed by atoms with Crippen LogP contribution in [0.3, 0.4) is 0 Å². The molecular formula is C14H17Cl2N5OS. The fraction of sp³-hybridized carbons (Fsp3) is 0.357. The maximum Gasteiger partial charge on any atom is 0.277 e. The molecule has 23 heavy (non-hydrogen) atoms. The van der Waals surface area contributed by atoms with Gasteiger partial charge in [0.15, 0.2) is 5.71 Å². The van der Waals surface area contributed by atoms with Crippen LogP contribution in [0.2, 0.25) is 10.0 Å². The Bertz CT molecular complexity index is 644. The third kappa shape index (κ3) is 4.54. The molecule has 1 aromatic rings. The molecular weight excluding hydrogens is 357 g/mol. The van der Waals surface area contributed by atoms with Gasteiger partial charge in [-0.1, -0.05) is 41.5 Å². The number of hydrogen-bond acceptors (Lipinski definition) is 5. The van der Waals surface area contributed by atoms with E-state index in [2.05, 4.69) is 15.4 Å². The van der Waals surface area contributed by atoms with Crippen LogP contribution in [0.1, 0.15) is 0 Å². The average molecular weight is 374 g/mol. The monoisotopic (exact) mass is 373 g/mol. The second-order valence-corrected chi connectivity index (χ2v) is 6.36. The molecule has 0 bridgehead atoms. The van der Waals surface area contributed by atoms with E-state index in [1.165, 1.54) is 0 Å². The number of benzene rings is 1. The first-order chi connectivity index (χ1) is 10.9. The molecule has 9 heteroatoms. The van der Waals surface area contributed by atoms with E-state index in [0.717, 1.165) is 13.1 Å². The van der Waals surface area contributed by atoms with Crippen molar-refractivity contribution in [2.45, 2.75) is 0 Å². The summed E-state index contributed by atoms with van der Waals surface area (Å²) in [4.78, 5) is 16.3. The van der Waals surface area contributed by atoms with Crippen molar-refractivity contribution in [3.63, 3.8) is 0 Å². The molecule has 1 fully saturated rings. The lowest BCUT2D eigenvalue weighted by Gasteiger charge is -2.32. The Morgan fingerprint density at radius 2 is 1.96 bits per heavy atom. The Hall–Kier alpha value is -1.41. The van der Waals surface area contributed by atoms with Crippen LogP contribution in [0.4, 0.5) is 5.69 Å². The van der Waals surface area contributed by atoms with Crippen molar-refractivity contribution in [3.8, 4) is 0 Å². The van der Waals surface area contributed by atoms with Crippen molar-refractivity contribution >= 4 is 57.7 Å². The first-order valence-electron chi connectivity index (χ1n) is 6.95. The van der Waals surface area contributed by atoms with Gasteiger partial charge in [-0.2, -0.15) is 5.10 Å². The molecule has 1 saturated heterocycles. The van der Waals surface area contributed by atoms with Crippen LogP contribution in [-0.2, 0) is 4.79 Å². The normalized spacial score (nSPS) is 16.3. The molecule has 1 amide bonds. The fourth-order valence-corrected chi connectivity index (χ4v) is 2.55. The number of halogens is 2. The van der Waals surface area contributed by atoms with E-state index in [9.17, 15) is 4.79 Å². The first kappa shape index (κ1) is 17.9. The number of hydrogen-bond donors (Lipinski definition) is 2. The van der Waals surface area contributed by atoms with Gasteiger partial charge in [0.05, 0.1) is 15.7 Å². The summed E-state index contributed by atoms with van der Waals surface area (Å²) in [5.74, 6) is -0.295. The van der Waals surface area contributed by atoms with E-state index in [1.807, 2.05) is 7.05 Å². The number of nitrogens with zero attached hydrogens (tertiary/aromatic N) is 3. The van der Waals surface area contributed by atoms with Gasteiger partial charge >= 0.3 is 0 Å². The molecule has 1 aliphatic rings. The molecule has 0 unspecified atom stereocenters. The number of nitrogens with one attached hydrogen (secondary N) is 1. The molecule has 0 aromatic heterocycles. The summed E-state index contributed by atoms with van der Waals surface area (Å²) in [7, 11) is 2.01. The van der Waals surface area contributed by atoms with Crippen LogP contribution >= 0.6 is 35.4 Å². The van der Waals surface area contributed by atoms with Crippen LogP contribution in [-0.4, -0.2) is 59.6 Å². The molecule has 0 aliphatic carbocycles. The van der Waals surface area contributed by atoms with Gasteiger partial charge in [0, 0.05) is 26.2 Å². The maximum atomic E-state index is 12.5. The summed E-state index contributed by atoms with van der Waals surface area (Å²) < 4.78 is 0. The van der Waals surface area contributed by atoms with Crippen LogP contribution in [0.25, 0.3) is 0 Å². The Balaban J connectivity index is 2.16. The number of carbonyl (C=O) groups is 1. The highest BCUT2D eigenvalue weighted by atomic mass is 35.5. The summed E-state index contributed by atoms with van der Waals surface area (Å²) in [5, 5.41) is 4.74. The second kappa shape index (κ2) is 7.92. The molecule has 0 radical (unpaired) electrons. The second-order valence-electron chi connectivity index (χ2n) is 5.13. The van der Waals surface area contributed by atoms with Crippen molar-refractivity contribution in [2.75, 3.05) is 38.7 Å². The Kier molecular flexibility index (Phi) is 6.17. The first-order valence-corrected chi connectivity index (χ1v) is 8.12. The highest BCUT2D eigenvalue weighted by Crippen LogP contribution is 2.29. The molecule has 3 N–H and O–H groups in total. The average Bonchev–Trinajstić information content (AvgIpc) is 2.51. The highest BCUT2D eigenvalue weighted by molar-refractivity contribution is 7.82. The number of piperazine rings is 1. The zero-order chi connectivity index (χ0) is 17.0. The number of hydrazone groups is 1. The van der Waals surface area contributed by atoms with E-state index in [-0.39, 0.29) is 16.6 Å². The minimum atomic E-state index is -0.295. The Labute approximate surface area is 150 Å². The summed E-state index contributed by atoms with van der Waals surface area (Å²) in [6, 6.07) is 5.06. The van der Waals surface area contributed by atoms with Crippen LogP contribution in [0.5, 0.6) is 0 Å². The summed E-state index contributed by atoms with van der Waals surface area (Å²) in [5.41, 5.74) is 8.83. The number of amides is 1. The van der Waals surface area contributed by atoms with Gasteiger partial charge in [-0.15, -0.1) is 0 Å². The van der Waals surface area contributed by atoms with Gasteiger partial charge in [-0.25, -0.2) is 0 Å².